The summed E-state index contributed by atoms with van der Waals surface area (Å²) in [5.74, 6) is -0.201. The number of rotatable bonds is 3. The van der Waals surface area contributed by atoms with E-state index in [-0.39, 0.29) is 11.9 Å². The smallest absolute Gasteiger partial charge is 0.123 e. The molecule has 1 aromatic carbocycles. The molecular weight excluding hydrogens is 253 g/mol. The molecule has 2 saturated heterocycles. The van der Waals surface area contributed by atoms with Gasteiger partial charge in [0.2, 0.25) is 0 Å². The van der Waals surface area contributed by atoms with E-state index in [0.29, 0.717) is 12.1 Å². The van der Waals surface area contributed by atoms with Crippen molar-refractivity contribution < 1.29 is 4.39 Å². The Bertz CT molecular complexity index is 448. The summed E-state index contributed by atoms with van der Waals surface area (Å²) in [5.41, 5.74) is 7.40. The summed E-state index contributed by atoms with van der Waals surface area (Å²) >= 11 is 0. The second-order valence-electron chi connectivity index (χ2n) is 6.14. The Labute approximate surface area is 120 Å². The molecule has 3 rings (SSSR count). The SMILES string of the molecule is CC(C(N)c1ccc(F)cc1)N1CCN2CCCC2C1. The maximum absolute atomic E-state index is 13.0. The van der Waals surface area contributed by atoms with E-state index in [0.717, 1.165) is 25.2 Å². The molecule has 0 saturated carbocycles. The van der Waals surface area contributed by atoms with Crippen LogP contribution in [-0.4, -0.2) is 48.1 Å². The van der Waals surface area contributed by atoms with Gasteiger partial charge in [-0.1, -0.05) is 12.1 Å². The molecule has 2 aliphatic heterocycles. The van der Waals surface area contributed by atoms with Crippen LogP contribution in [0.25, 0.3) is 0 Å². The molecule has 0 spiro atoms. The molecule has 0 aromatic heterocycles. The van der Waals surface area contributed by atoms with Crippen LogP contribution in [0.2, 0.25) is 0 Å². The Kier molecular flexibility index (Phi) is 4.06. The highest BCUT2D eigenvalue weighted by molar-refractivity contribution is 5.21. The zero-order chi connectivity index (χ0) is 14.1. The minimum absolute atomic E-state index is 0.0523. The Balaban J connectivity index is 1.65. The molecule has 4 heteroatoms. The first-order valence-electron chi connectivity index (χ1n) is 7.64. The Morgan fingerprint density at radius 2 is 1.95 bits per heavy atom. The van der Waals surface area contributed by atoms with E-state index < -0.39 is 0 Å². The van der Waals surface area contributed by atoms with Crippen LogP contribution in [0.15, 0.2) is 24.3 Å². The molecule has 2 fully saturated rings. The van der Waals surface area contributed by atoms with Crippen molar-refractivity contribution in [1.82, 2.24) is 9.80 Å². The first-order valence-corrected chi connectivity index (χ1v) is 7.64. The average Bonchev–Trinajstić information content (AvgIpc) is 2.94. The highest BCUT2D eigenvalue weighted by Crippen LogP contribution is 2.26. The van der Waals surface area contributed by atoms with Crippen LogP contribution in [0.1, 0.15) is 31.4 Å². The Hall–Kier alpha value is -0.970. The maximum atomic E-state index is 13.0. The molecule has 3 unspecified atom stereocenters. The van der Waals surface area contributed by atoms with Crippen molar-refractivity contribution >= 4 is 0 Å². The summed E-state index contributed by atoms with van der Waals surface area (Å²) in [4.78, 5) is 5.10. The minimum Gasteiger partial charge on any atom is -0.323 e. The standard InChI is InChI=1S/C16H24FN3/c1-12(16(18)13-4-6-14(17)7-5-13)20-10-9-19-8-2-3-15(19)11-20/h4-7,12,15-16H,2-3,8-11,18H2,1H3. The lowest BCUT2D eigenvalue weighted by Gasteiger charge is -2.42. The highest BCUT2D eigenvalue weighted by atomic mass is 19.1. The number of hydrogen-bond donors (Lipinski definition) is 1. The molecule has 1 aromatic rings. The van der Waals surface area contributed by atoms with Crippen molar-refractivity contribution in [3.63, 3.8) is 0 Å². The molecule has 3 atom stereocenters. The van der Waals surface area contributed by atoms with E-state index >= 15 is 0 Å². The first-order chi connectivity index (χ1) is 9.65. The third-order valence-electron chi connectivity index (χ3n) is 4.97. The molecule has 0 amide bonds. The third kappa shape index (κ3) is 2.73. The molecular formula is C16H24FN3. The average molecular weight is 277 g/mol. The molecule has 0 radical (unpaired) electrons. The van der Waals surface area contributed by atoms with Crippen molar-refractivity contribution in [2.75, 3.05) is 26.2 Å². The van der Waals surface area contributed by atoms with Gasteiger partial charge in [0, 0.05) is 37.8 Å². The predicted molar refractivity (Wildman–Crippen MR) is 79.0 cm³/mol. The van der Waals surface area contributed by atoms with Gasteiger partial charge >= 0.3 is 0 Å². The number of nitrogens with two attached hydrogens (primary N) is 1. The van der Waals surface area contributed by atoms with Gasteiger partial charge in [-0.15, -0.1) is 0 Å². The van der Waals surface area contributed by atoms with Crippen LogP contribution in [-0.2, 0) is 0 Å². The van der Waals surface area contributed by atoms with Crippen LogP contribution in [0.5, 0.6) is 0 Å². The van der Waals surface area contributed by atoms with Gasteiger partial charge in [0.05, 0.1) is 0 Å². The molecule has 2 N–H and O–H groups in total. The fourth-order valence-corrected chi connectivity index (χ4v) is 3.58. The quantitative estimate of drug-likeness (QED) is 0.917. The van der Waals surface area contributed by atoms with Gasteiger partial charge in [-0.05, 0) is 44.0 Å². The van der Waals surface area contributed by atoms with Gasteiger partial charge in [-0.2, -0.15) is 0 Å². The lowest BCUT2D eigenvalue weighted by Crippen LogP contribution is -2.54. The zero-order valence-corrected chi connectivity index (χ0v) is 12.1. The molecule has 0 bridgehead atoms. The summed E-state index contributed by atoms with van der Waals surface area (Å²) in [6.07, 6.45) is 2.64. The van der Waals surface area contributed by atoms with E-state index in [1.54, 1.807) is 0 Å². The number of hydrogen-bond acceptors (Lipinski definition) is 3. The van der Waals surface area contributed by atoms with Crippen LogP contribution in [0.4, 0.5) is 4.39 Å². The second-order valence-corrected chi connectivity index (χ2v) is 6.14. The molecule has 2 heterocycles. The predicted octanol–water partition coefficient (Wildman–Crippen LogP) is 1.99. The monoisotopic (exact) mass is 277 g/mol. The van der Waals surface area contributed by atoms with Gasteiger partial charge in [0.1, 0.15) is 5.82 Å². The van der Waals surface area contributed by atoms with E-state index in [2.05, 4.69) is 16.7 Å². The largest absolute Gasteiger partial charge is 0.323 e. The third-order valence-corrected chi connectivity index (χ3v) is 4.97. The van der Waals surface area contributed by atoms with Gasteiger partial charge in [-0.25, -0.2) is 4.39 Å². The van der Waals surface area contributed by atoms with Gasteiger partial charge in [0.25, 0.3) is 0 Å². The molecule has 20 heavy (non-hydrogen) atoms. The fraction of sp³-hybridized carbons (Fsp3) is 0.625. The first kappa shape index (κ1) is 14.0. The van der Waals surface area contributed by atoms with Crippen molar-refractivity contribution in [1.29, 1.82) is 0 Å². The zero-order valence-electron chi connectivity index (χ0n) is 12.1. The topological polar surface area (TPSA) is 32.5 Å². The van der Waals surface area contributed by atoms with Gasteiger partial charge < -0.3 is 5.73 Å². The number of fused-ring (bicyclic) bond motifs is 1. The van der Waals surface area contributed by atoms with Crippen LogP contribution < -0.4 is 5.73 Å². The summed E-state index contributed by atoms with van der Waals surface area (Å²) in [6, 6.07) is 7.57. The van der Waals surface area contributed by atoms with Crippen LogP contribution >= 0.6 is 0 Å². The van der Waals surface area contributed by atoms with Crippen molar-refractivity contribution in [3.8, 4) is 0 Å². The number of halogens is 1. The number of nitrogens with zero attached hydrogens (tertiary/aromatic N) is 2. The Morgan fingerprint density at radius 3 is 2.70 bits per heavy atom. The van der Waals surface area contributed by atoms with E-state index in [1.807, 2.05) is 12.1 Å². The van der Waals surface area contributed by atoms with E-state index in [9.17, 15) is 4.39 Å². The summed E-state index contributed by atoms with van der Waals surface area (Å²) < 4.78 is 13.0. The van der Waals surface area contributed by atoms with Crippen molar-refractivity contribution in [3.05, 3.63) is 35.6 Å². The molecule has 3 nitrogen and oxygen atoms in total. The molecule has 0 aliphatic carbocycles. The summed E-state index contributed by atoms with van der Waals surface area (Å²) in [6.45, 7) is 6.82. The maximum Gasteiger partial charge on any atom is 0.123 e. The Morgan fingerprint density at radius 1 is 1.20 bits per heavy atom. The summed E-state index contributed by atoms with van der Waals surface area (Å²) in [7, 11) is 0. The number of benzene rings is 1. The van der Waals surface area contributed by atoms with E-state index in [1.165, 1.54) is 31.5 Å². The fourth-order valence-electron chi connectivity index (χ4n) is 3.58. The lowest BCUT2D eigenvalue weighted by molar-refractivity contribution is 0.0682. The number of piperazine rings is 1. The van der Waals surface area contributed by atoms with Crippen molar-refractivity contribution in [2.24, 2.45) is 5.73 Å². The minimum atomic E-state index is -0.201. The normalized spacial score (nSPS) is 27.2. The van der Waals surface area contributed by atoms with Gasteiger partial charge in [0.15, 0.2) is 0 Å². The summed E-state index contributed by atoms with van der Waals surface area (Å²) in [5, 5.41) is 0. The second kappa shape index (κ2) is 5.80. The van der Waals surface area contributed by atoms with Gasteiger partial charge in [-0.3, -0.25) is 9.80 Å². The van der Waals surface area contributed by atoms with Crippen LogP contribution in [0.3, 0.4) is 0 Å². The van der Waals surface area contributed by atoms with E-state index in [4.69, 9.17) is 5.73 Å². The lowest BCUT2D eigenvalue weighted by atomic mass is 9.98. The molecule has 2 aliphatic rings. The molecule has 110 valence electrons. The van der Waals surface area contributed by atoms with Crippen molar-refractivity contribution in [2.45, 2.75) is 37.9 Å². The highest BCUT2D eigenvalue weighted by Gasteiger charge is 2.33. The van der Waals surface area contributed by atoms with Crippen LogP contribution in [0, 0.1) is 5.82 Å².